The predicted molar refractivity (Wildman–Crippen MR) is 75.6 cm³/mol. The van der Waals surface area contributed by atoms with Gasteiger partial charge in [-0.3, -0.25) is 5.10 Å². The Labute approximate surface area is 117 Å². The Morgan fingerprint density at radius 1 is 1.47 bits per heavy atom. The normalized spacial score (nSPS) is 12.4. The van der Waals surface area contributed by atoms with Crippen LogP contribution in [0, 0.1) is 0 Å². The van der Waals surface area contributed by atoms with E-state index in [4.69, 9.17) is 4.74 Å². The van der Waals surface area contributed by atoms with Gasteiger partial charge < -0.3 is 10.1 Å². The quantitative estimate of drug-likeness (QED) is 0.850. The maximum atomic E-state index is 5.47. The van der Waals surface area contributed by atoms with E-state index in [0.717, 1.165) is 27.9 Å². The molecule has 5 nitrogen and oxygen atoms in total. The summed E-state index contributed by atoms with van der Waals surface area (Å²) in [6.45, 7) is 5.13. The van der Waals surface area contributed by atoms with Crippen LogP contribution in [0.2, 0.25) is 0 Å². The second-order valence-corrected chi connectivity index (χ2v) is 5.07. The van der Waals surface area contributed by atoms with E-state index >= 15 is 0 Å². The Hall–Kier alpha value is -1.53. The lowest BCUT2D eigenvalue weighted by Crippen LogP contribution is -2.19. The number of H-pyrrole nitrogens is 1. The molecule has 1 unspecified atom stereocenters. The van der Waals surface area contributed by atoms with Crippen molar-refractivity contribution < 1.29 is 4.74 Å². The fourth-order valence-corrected chi connectivity index (χ4v) is 2.91. The molecule has 0 fully saturated rings. The van der Waals surface area contributed by atoms with Gasteiger partial charge in [-0.2, -0.15) is 5.10 Å². The number of aromatic amines is 1. The van der Waals surface area contributed by atoms with Crippen LogP contribution in [0.25, 0.3) is 0 Å². The van der Waals surface area contributed by atoms with Gasteiger partial charge in [0.1, 0.15) is 12.1 Å². The number of hydrogen-bond acceptors (Lipinski definition) is 5. The Morgan fingerprint density at radius 3 is 2.95 bits per heavy atom. The van der Waals surface area contributed by atoms with E-state index in [9.17, 15) is 0 Å². The van der Waals surface area contributed by atoms with Gasteiger partial charge in [-0.25, -0.2) is 4.98 Å². The van der Waals surface area contributed by atoms with Crippen molar-refractivity contribution >= 4 is 11.8 Å². The first kappa shape index (κ1) is 13.9. The molecule has 2 aromatic rings. The summed E-state index contributed by atoms with van der Waals surface area (Å²) in [6.07, 6.45) is 1.51. The number of rotatable bonds is 6. The van der Waals surface area contributed by atoms with Crippen molar-refractivity contribution in [3.05, 3.63) is 30.1 Å². The van der Waals surface area contributed by atoms with Gasteiger partial charge in [0.25, 0.3) is 0 Å². The summed E-state index contributed by atoms with van der Waals surface area (Å²) in [7, 11) is 1.69. The highest BCUT2D eigenvalue weighted by molar-refractivity contribution is 7.99. The van der Waals surface area contributed by atoms with Gasteiger partial charge in [0, 0.05) is 16.5 Å². The lowest BCUT2D eigenvalue weighted by molar-refractivity contribution is 0.400. The highest BCUT2D eigenvalue weighted by Crippen LogP contribution is 2.36. The van der Waals surface area contributed by atoms with E-state index < -0.39 is 0 Å². The van der Waals surface area contributed by atoms with Crippen molar-refractivity contribution in [3.63, 3.8) is 0 Å². The third kappa shape index (κ3) is 3.27. The zero-order valence-electron chi connectivity index (χ0n) is 11.3. The molecule has 0 bridgehead atoms. The Morgan fingerprint density at radius 2 is 2.32 bits per heavy atom. The maximum Gasteiger partial charge on any atom is 0.188 e. The molecule has 0 amide bonds. The number of methoxy groups -OCH3 is 1. The number of aromatic nitrogens is 3. The minimum absolute atomic E-state index is 0.214. The third-order valence-corrected chi connectivity index (χ3v) is 3.75. The Kier molecular flexibility index (Phi) is 4.81. The summed E-state index contributed by atoms with van der Waals surface area (Å²) >= 11 is 1.56. The molecule has 19 heavy (non-hydrogen) atoms. The van der Waals surface area contributed by atoms with Crippen molar-refractivity contribution in [3.8, 4) is 5.75 Å². The molecule has 0 saturated heterocycles. The minimum atomic E-state index is 0.214. The first-order chi connectivity index (χ1) is 9.26. The van der Waals surface area contributed by atoms with Gasteiger partial charge in [0.15, 0.2) is 5.16 Å². The molecule has 102 valence electrons. The number of ether oxygens (including phenoxy) is 1. The van der Waals surface area contributed by atoms with Crippen LogP contribution in [0.15, 0.2) is 34.6 Å². The zero-order valence-corrected chi connectivity index (χ0v) is 12.1. The fourth-order valence-electron chi connectivity index (χ4n) is 1.97. The van der Waals surface area contributed by atoms with Gasteiger partial charge in [-0.1, -0.05) is 13.0 Å². The maximum absolute atomic E-state index is 5.47. The van der Waals surface area contributed by atoms with E-state index in [-0.39, 0.29) is 6.04 Å². The van der Waals surface area contributed by atoms with Gasteiger partial charge in [-0.05, 0) is 37.4 Å². The molecular weight excluding hydrogens is 260 g/mol. The van der Waals surface area contributed by atoms with Crippen LogP contribution < -0.4 is 10.1 Å². The average molecular weight is 278 g/mol. The molecule has 0 aliphatic carbocycles. The van der Waals surface area contributed by atoms with Crippen LogP contribution in [0.3, 0.4) is 0 Å². The van der Waals surface area contributed by atoms with Gasteiger partial charge in [0.05, 0.1) is 7.11 Å². The smallest absolute Gasteiger partial charge is 0.188 e. The van der Waals surface area contributed by atoms with Crippen molar-refractivity contribution in [2.24, 2.45) is 0 Å². The molecule has 0 aliphatic rings. The summed E-state index contributed by atoms with van der Waals surface area (Å²) < 4.78 is 5.47. The van der Waals surface area contributed by atoms with E-state index in [1.165, 1.54) is 6.33 Å². The Bertz CT molecular complexity index is 515. The second-order valence-electron chi connectivity index (χ2n) is 4.04. The molecule has 6 heteroatoms. The number of benzene rings is 1. The number of nitrogens with one attached hydrogen (secondary N) is 2. The van der Waals surface area contributed by atoms with E-state index in [2.05, 4.69) is 40.4 Å². The highest BCUT2D eigenvalue weighted by atomic mass is 32.2. The molecule has 0 radical (unpaired) electrons. The predicted octanol–water partition coefficient (Wildman–Crippen LogP) is 2.63. The molecule has 1 heterocycles. The largest absolute Gasteiger partial charge is 0.496 e. The standard InChI is InChI=1S/C13H18N4OS/c1-4-14-9(2)12-10(18-3)6-5-7-11(12)19-13-15-8-16-17-13/h5-9,14H,4H2,1-3H3,(H,15,16,17). The molecule has 0 saturated carbocycles. The minimum Gasteiger partial charge on any atom is -0.496 e. The molecule has 2 rings (SSSR count). The van der Waals surface area contributed by atoms with Crippen LogP contribution >= 0.6 is 11.8 Å². The first-order valence-corrected chi connectivity index (χ1v) is 7.01. The Balaban J connectivity index is 2.35. The molecule has 1 atom stereocenters. The van der Waals surface area contributed by atoms with Crippen LogP contribution in [0.1, 0.15) is 25.5 Å². The van der Waals surface area contributed by atoms with Gasteiger partial charge in [-0.15, -0.1) is 0 Å². The van der Waals surface area contributed by atoms with E-state index in [1.54, 1.807) is 18.9 Å². The number of nitrogens with zero attached hydrogens (tertiary/aromatic N) is 2. The molecule has 1 aromatic carbocycles. The summed E-state index contributed by atoms with van der Waals surface area (Å²) in [5.74, 6) is 0.887. The van der Waals surface area contributed by atoms with E-state index in [0.29, 0.717) is 0 Å². The fraction of sp³-hybridized carbons (Fsp3) is 0.385. The second kappa shape index (κ2) is 6.58. The number of hydrogen-bond donors (Lipinski definition) is 2. The van der Waals surface area contributed by atoms with Gasteiger partial charge >= 0.3 is 0 Å². The average Bonchev–Trinajstić information content (AvgIpc) is 2.91. The topological polar surface area (TPSA) is 62.8 Å². The SMILES string of the molecule is CCNC(C)c1c(OC)cccc1Sc1ncn[nH]1. The van der Waals surface area contributed by atoms with Crippen LogP contribution in [0.4, 0.5) is 0 Å². The first-order valence-electron chi connectivity index (χ1n) is 6.19. The monoisotopic (exact) mass is 278 g/mol. The van der Waals surface area contributed by atoms with Crippen LogP contribution in [0.5, 0.6) is 5.75 Å². The zero-order chi connectivity index (χ0) is 13.7. The van der Waals surface area contributed by atoms with Crippen molar-refractivity contribution in [1.82, 2.24) is 20.5 Å². The molecular formula is C13H18N4OS. The lowest BCUT2D eigenvalue weighted by atomic mass is 10.1. The molecule has 0 spiro atoms. The summed E-state index contributed by atoms with van der Waals surface area (Å²) in [6, 6.07) is 6.25. The van der Waals surface area contributed by atoms with Crippen molar-refractivity contribution in [2.45, 2.75) is 29.9 Å². The van der Waals surface area contributed by atoms with E-state index in [1.807, 2.05) is 12.1 Å². The third-order valence-electron chi connectivity index (χ3n) is 2.79. The van der Waals surface area contributed by atoms with Gasteiger partial charge in [0.2, 0.25) is 0 Å². The summed E-state index contributed by atoms with van der Waals surface area (Å²) in [4.78, 5) is 5.26. The lowest BCUT2D eigenvalue weighted by Gasteiger charge is -2.19. The highest BCUT2D eigenvalue weighted by Gasteiger charge is 2.16. The van der Waals surface area contributed by atoms with Crippen LogP contribution in [-0.2, 0) is 0 Å². The summed E-state index contributed by atoms with van der Waals surface area (Å²) in [5.41, 5.74) is 1.15. The molecule has 2 N–H and O–H groups in total. The van der Waals surface area contributed by atoms with Crippen molar-refractivity contribution in [2.75, 3.05) is 13.7 Å². The summed E-state index contributed by atoms with van der Waals surface area (Å²) in [5, 5.41) is 10.9. The van der Waals surface area contributed by atoms with Crippen LogP contribution in [-0.4, -0.2) is 28.8 Å². The molecule has 0 aliphatic heterocycles. The van der Waals surface area contributed by atoms with Crippen molar-refractivity contribution in [1.29, 1.82) is 0 Å². The molecule has 1 aromatic heterocycles.